The summed E-state index contributed by atoms with van der Waals surface area (Å²) in [5.41, 5.74) is 3.13. The fraction of sp³-hybridized carbons (Fsp3) is 0.214. The largest absolute Gasteiger partial charge is 0.380 e. The van der Waals surface area contributed by atoms with E-state index in [2.05, 4.69) is 20.5 Å². The van der Waals surface area contributed by atoms with Gasteiger partial charge in [-0.1, -0.05) is 0 Å². The van der Waals surface area contributed by atoms with E-state index in [1.807, 2.05) is 38.1 Å². The van der Waals surface area contributed by atoms with Crippen molar-refractivity contribution in [3.05, 3.63) is 52.2 Å². The normalized spacial score (nSPS) is 10.7. The maximum atomic E-state index is 4.43. The van der Waals surface area contributed by atoms with Gasteiger partial charge in [0, 0.05) is 10.6 Å². The van der Waals surface area contributed by atoms with E-state index in [0.29, 0.717) is 0 Å². The lowest BCUT2D eigenvalue weighted by Gasteiger charge is -2.06. The number of anilines is 1. The van der Waals surface area contributed by atoms with Gasteiger partial charge in [-0.2, -0.15) is 15.0 Å². The molecule has 6 heteroatoms. The first-order chi connectivity index (χ1) is 9.72. The Labute approximate surface area is 121 Å². The molecule has 3 aromatic rings. The van der Waals surface area contributed by atoms with Crippen LogP contribution >= 0.6 is 11.3 Å². The zero-order chi connectivity index (χ0) is 13.9. The number of nitrogens with one attached hydrogen (secondary N) is 1. The lowest BCUT2D eigenvalue weighted by Crippen LogP contribution is -2.01. The molecule has 3 rings (SSSR count). The first kappa shape index (κ1) is 12.8. The third-order valence-electron chi connectivity index (χ3n) is 2.97. The molecule has 2 heterocycles. The number of hydrogen-bond donors (Lipinski definition) is 1. The van der Waals surface area contributed by atoms with Gasteiger partial charge < -0.3 is 5.32 Å². The van der Waals surface area contributed by atoms with Gasteiger partial charge in [-0.25, -0.2) is 4.98 Å². The minimum atomic E-state index is 0.802. The van der Waals surface area contributed by atoms with Gasteiger partial charge in [-0.05, 0) is 38.1 Å². The Morgan fingerprint density at radius 2 is 1.80 bits per heavy atom. The van der Waals surface area contributed by atoms with E-state index in [9.17, 15) is 0 Å². The van der Waals surface area contributed by atoms with Crippen LogP contribution in [0.1, 0.15) is 15.6 Å². The molecular formula is C14H15N5S. The number of benzene rings is 1. The summed E-state index contributed by atoms with van der Waals surface area (Å²) < 4.78 is 0. The number of nitrogens with zero attached hydrogens (tertiary/aromatic N) is 4. The van der Waals surface area contributed by atoms with Gasteiger partial charge in [0.25, 0.3) is 0 Å². The number of rotatable bonds is 4. The average molecular weight is 285 g/mol. The summed E-state index contributed by atoms with van der Waals surface area (Å²) in [7, 11) is 0. The highest BCUT2D eigenvalue weighted by Gasteiger charge is 2.04. The Kier molecular flexibility index (Phi) is 3.47. The van der Waals surface area contributed by atoms with Crippen molar-refractivity contribution in [1.29, 1.82) is 0 Å². The predicted molar refractivity (Wildman–Crippen MR) is 80.3 cm³/mol. The second-order valence-corrected chi connectivity index (χ2v) is 5.75. The summed E-state index contributed by atoms with van der Waals surface area (Å²) in [6.45, 7) is 4.89. The first-order valence-corrected chi connectivity index (χ1v) is 7.17. The van der Waals surface area contributed by atoms with Crippen molar-refractivity contribution >= 4 is 17.0 Å². The minimum absolute atomic E-state index is 0.802. The Morgan fingerprint density at radius 3 is 2.40 bits per heavy atom. The summed E-state index contributed by atoms with van der Waals surface area (Å²) in [4.78, 5) is 7.31. The summed E-state index contributed by atoms with van der Waals surface area (Å²) in [5.74, 6) is 0. The Hall–Kier alpha value is -2.21. The third kappa shape index (κ3) is 2.70. The molecule has 1 aromatic carbocycles. The van der Waals surface area contributed by atoms with Gasteiger partial charge in [0.15, 0.2) is 0 Å². The van der Waals surface area contributed by atoms with Crippen LogP contribution in [-0.2, 0) is 6.54 Å². The van der Waals surface area contributed by atoms with Crippen LogP contribution in [0.3, 0.4) is 0 Å². The first-order valence-electron chi connectivity index (χ1n) is 6.36. The molecule has 0 saturated carbocycles. The molecule has 0 atom stereocenters. The van der Waals surface area contributed by atoms with E-state index >= 15 is 0 Å². The van der Waals surface area contributed by atoms with E-state index in [4.69, 9.17) is 0 Å². The molecule has 0 unspecified atom stereocenters. The van der Waals surface area contributed by atoms with Gasteiger partial charge in [0.2, 0.25) is 0 Å². The van der Waals surface area contributed by atoms with E-state index in [1.165, 1.54) is 4.88 Å². The minimum Gasteiger partial charge on any atom is -0.380 e. The SMILES string of the molecule is Cc1nc(C)c(CNc2ccc(-n3nccn3)cc2)s1. The fourth-order valence-corrected chi connectivity index (χ4v) is 2.86. The van der Waals surface area contributed by atoms with Crippen molar-refractivity contribution in [2.75, 3.05) is 5.32 Å². The molecule has 20 heavy (non-hydrogen) atoms. The lowest BCUT2D eigenvalue weighted by molar-refractivity contribution is 0.752. The number of aromatic nitrogens is 4. The molecule has 0 aliphatic heterocycles. The molecule has 0 bridgehead atoms. The van der Waals surface area contributed by atoms with Crippen LogP contribution in [0.15, 0.2) is 36.7 Å². The third-order valence-corrected chi connectivity index (χ3v) is 4.04. The number of thiazole rings is 1. The zero-order valence-corrected chi connectivity index (χ0v) is 12.2. The van der Waals surface area contributed by atoms with Gasteiger partial charge in [0.05, 0.1) is 35.3 Å². The van der Waals surface area contributed by atoms with E-state index in [0.717, 1.165) is 28.6 Å². The molecule has 0 fully saturated rings. The lowest BCUT2D eigenvalue weighted by atomic mass is 10.3. The molecule has 5 nitrogen and oxygen atoms in total. The monoisotopic (exact) mass is 285 g/mol. The molecule has 2 aromatic heterocycles. The average Bonchev–Trinajstić information content (AvgIpc) is 3.07. The quantitative estimate of drug-likeness (QED) is 0.800. The second-order valence-electron chi connectivity index (χ2n) is 4.46. The Bertz CT molecular complexity index is 685. The van der Waals surface area contributed by atoms with Gasteiger partial charge in [-0.3, -0.25) is 0 Å². The van der Waals surface area contributed by atoms with Crippen molar-refractivity contribution in [3.8, 4) is 5.69 Å². The van der Waals surface area contributed by atoms with Gasteiger partial charge in [-0.15, -0.1) is 11.3 Å². The predicted octanol–water partition coefficient (Wildman–Crippen LogP) is 2.95. The zero-order valence-electron chi connectivity index (χ0n) is 11.4. The van der Waals surface area contributed by atoms with Crippen molar-refractivity contribution in [1.82, 2.24) is 20.0 Å². The van der Waals surface area contributed by atoms with E-state index < -0.39 is 0 Å². The standard InChI is InChI=1S/C14H15N5S/c1-10-14(20-11(2)18-10)9-15-12-3-5-13(6-4-12)19-16-7-8-17-19/h3-8,15H,9H2,1-2H3. The molecule has 0 spiro atoms. The number of hydrogen-bond acceptors (Lipinski definition) is 5. The molecule has 0 radical (unpaired) electrons. The summed E-state index contributed by atoms with van der Waals surface area (Å²) in [5, 5.41) is 12.7. The molecule has 0 aliphatic rings. The molecule has 1 N–H and O–H groups in total. The molecular weight excluding hydrogens is 270 g/mol. The molecule has 0 saturated heterocycles. The second kappa shape index (κ2) is 5.42. The van der Waals surface area contributed by atoms with Crippen LogP contribution in [0, 0.1) is 13.8 Å². The van der Waals surface area contributed by atoms with Crippen LogP contribution < -0.4 is 5.32 Å². The van der Waals surface area contributed by atoms with Crippen LogP contribution in [0.5, 0.6) is 0 Å². The highest BCUT2D eigenvalue weighted by Crippen LogP contribution is 2.19. The van der Waals surface area contributed by atoms with Crippen LogP contribution in [-0.4, -0.2) is 20.0 Å². The maximum Gasteiger partial charge on any atom is 0.0900 e. The summed E-state index contributed by atoms with van der Waals surface area (Å²) in [6, 6.07) is 8.05. The van der Waals surface area contributed by atoms with Crippen LogP contribution in [0.4, 0.5) is 5.69 Å². The summed E-state index contributed by atoms with van der Waals surface area (Å²) >= 11 is 1.74. The highest BCUT2D eigenvalue weighted by atomic mass is 32.1. The van der Waals surface area contributed by atoms with Crippen molar-refractivity contribution < 1.29 is 0 Å². The van der Waals surface area contributed by atoms with E-state index in [1.54, 1.807) is 28.5 Å². The smallest absolute Gasteiger partial charge is 0.0900 e. The number of aryl methyl sites for hydroxylation is 2. The van der Waals surface area contributed by atoms with Crippen molar-refractivity contribution in [2.45, 2.75) is 20.4 Å². The van der Waals surface area contributed by atoms with Crippen molar-refractivity contribution in [3.63, 3.8) is 0 Å². The molecule has 0 amide bonds. The maximum absolute atomic E-state index is 4.43. The van der Waals surface area contributed by atoms with Gasteiger partial charge in [0.1, 0.15) is 0 Å². The Morgan fingerprint density at radius 1 is 1.10 bits per heavy atom. The summed E-state index contributed by atoms with van der Waals surface area (Å²) in [6.07, 6.45) is 3.34. The Balaban J connectivity index is 1.68. The van der Waals surface area contributed by atoms with Crippen LogP contribution in [0.2, 0.25) is 0 Å². The fourth-order valence-electron chi connectivity index (χ4n) is 1.98. The highest BCUT2D eigenvalue weighted by molar-refractivity contribution is 7.11. The topological polar surface area (TPSA) is 55.6 Å². The van der Waals surface area contributed by atoms with E-state index in [-0.39, 0.29) is 0 Å². The van der Waals surface area contributed by atoms with Gasteiger partial charge >= 0.3 is 0 Å². The van der Waals surface area contributed by atoms with Crippen molar-refractivity contribution in [2.24, 2.45) is 0 Å². The molecule has 0 aliphatic carbocycles. The van der Waals surface area contributed by atoms with Crippen LogP contribution in [0.25, 0.3) is 5.69 Å². The molecule has 102 valence electrons.